The van der Waals surface area contributed by atoms with Gasteiger partial charge < -0.3 is 19.9 Å². The van der Waals surface area contributed by atoms with E-state index in [0.29, 0.717) is 19.7 Å². The van der Waals surface area contributed by atoms with Crippen LogP contribution in [0.15, 0.2) is 54.6 Å². The van der Waals surface area contributed by atoms with Gasteiger partial charge in [-0.1, -0.05) is 42.5 Å². The summed E-state index contributed by atoms with van der Waals surface area (Å²) in [5.41, 5.74) is 2.22. The van der Waals surface area contributed by atoms with Gasteiger partial charge in [-0.05, 0) is 31.5 Å². The summed E-state index contributed by atoms with van der Waals surface area (Å²) < 4.78 is 5.73. The van der Waals surface area contributed by atoms with Crippen LogP contribution in [0.25, 0.3) is 0 Å². The largest absolute Gasteiger partial charge is 0.492 e. The molecule has 1 aliphatic rings. The summed E-state index contributed by atoms with van der Waals surface area (Å²) in [6.45, 7) is 7.67. The Morgan fingerprint density at radius 3 is 2.38 bits per heavy atom. The summed E-state index contributed by atoms with van der Waals surface area (Å²) in [5.74, 6) is 0.908. The van der Waals surface area contributed by atoms with E-state index in [4.69, 9.17) is 4.74 Å². The summed E-state index contributed by atoms with van der Waals surface area (Å²) in [5, 5.41) is 3.10. The molecule has 2 aromatic rings. The van der Waals surface area contributed by atoms with Crippen molar-refractivity contribution in [2.75, 3.05) is 37.7 Å². The first-order chi connectivity index (χ1) is 12.7. The number of benzene rings is 2. The summed E-state index contributed by atoms with van der Waals surface area (Å²) in [6, 6.07) is 18.1. The molecule has 0 bridgehead atoms. The van der Waals surface area contributed by atoms with E-state index in [1.807, 2.05) is 67.3 Å². The van der Waals surface area contributed by atoms with Crippen LogP contribution in [-0.2, 0) is 0 Å². The number of rotatable bonds is 5. The fourth-order valence-electron chi connectivity index (χ4n) is 3.25. The van der Waals surface area contributed by atoms with Crippen LogP contribution < -0.4 is 15.0 Å². The second kappa shape index (κ2) is 8.61. The highest BCUT2D eigenvalue weighted by molar-refractivity contribution is 5.75. The SMILES string of the molecule is CCOc1ccccc1N1CCN(C(=O)NC(C)c2ccccc2)CC1. The number of carbonyl (C=O) groups excluding carboxylic acids is 1. The number of anilines is 1. The van der Waals surface area contributed by atoms with Gasteiger partial charge in [0.25, 0.3) is 0 Å². The zero-order valence-electron chi connectivity index (χ0n) is 15.5. The molecule has 0 spiro atoms. The molecule has 1 unspecified atom stereocenters. The van der Waals surface area contributed by atoms with E-state index in [-0.39, 0.29) is 12.1 Å². The lowest BCUT2D eigenvalue weighted by molar-refractivity contribution is 0.191. The van der Waals surface area contributed by atoms with Gasteiger partial charge in [0.15, 0.2) is 0 Å². The quantitative estimate of drug-likeness (QED) is 0.892. The molecule has 2 amide bonds. The molecule has 26 heavy (non-hydrogen) atoms. The van der Waals surface area contributed by atoms with Crippen molar-refractivity contribution in [2.45, 2.75) is 19.9 Å². The highest BCUT2D eigenvalue weighted by Crippen LogP contribution is 2.28. The third-order valence-electron chi connectivity index (χ3n) is 4.71. The Bertz CT molecular complexity index is 712. The van der Waals surface area contributed by atoms with Gasteiger partial charge in [-0.3, -0.25) is 0 Å². The van der Waals surface area contributed by atoms with Crippen molar-refractivity contribution in [1.29, 1.82) is 0 Å². The molecule has 0 aromatic heterocycles. The predicted octanol–water partition coefficient (Wildman–Crippen LogP) is 3.68. The van der Waals surface area contributed by atoms with Crippen LogP contribution >= 0.6 is 0 Å². The van der Waals surface area contributed by atoms with Gasteiger partial charge in [0.05, 0.1) is 18.3 Å². The van der Waals surface area contributed by atoms with E-state index in [1.165, 1.54) is 0 Å². The van der Waals surface area contributed by atoms with E-state index in [2.05, 4.69) is 16.3 Å². The Labute approximate surface area is 155 Å². The molecule has 138 valence electrons. The molecule has 2 aromatic carbocycles. The Kier molecular flexibility index (Phi) is 6.00. The minimum atomic E-state index is -0.000837. The average molecular weight is 353 g/mol. The van der Waals surface area contributed by atoms with Crippen molar-refractivity contribution in [3.8, 4) is 5.75 Å². The topological polar surface area (TPSA) is 44.8 Å². The van der Waals surface area contributed by atoms with Gasteiger partial charge in [0.1, 0.15) is 5.75 Å². The number of hydrogen-bond acceptors (Lipinski definition) is 3. The van der Waals surface area contributed by atoms with Crippen LogP contribution in [0.4, 0.5) is 10.5 Å². The number of amides is 2. The first-order valence-corrected chi connectivity index (χ1v) is 9.26. The van der Waals surface area contributed by atoms with Gasteiger partial charge in [-0.15, -0.1) is 0 Å². The van der Waals surface area contributed by atoms with Crippen LogP contribution in [0.2, 0.25) is 0 Å². The lowest BCUT2D eigenvalue weighted by atomic mass is 10.1. The number of carbonyl (C=O) groups is 1. The number of piperazine rings is 1. The maximum absolute atomic E-state index is 12.6. The minimum absolute atomic E-state index is 0.000379. The average Bonchev–Trinajstić information content (AvgIpc) is 2.69. The van der Waals surface area contributed by atoms with E-state index >= 15 is 0 Å². The molecule has 1 N–H and O–H groups in total. The number of urea groups is 1. The van der Waals surface area contributed by atoms with Crippen LogP contribution in [0.3, 0.4) is 0 Å². The molecular weight excluding hydrogens is 326 g/mol. The van der Waals surface area contributed by atoms with Crippen molar-refractivity contribution in [3.63, 3.8) is 0 Å². The van der Waals surface area contributed by atoms with E-state index < -0.39 is 0 Å². The summed E-state index contributed by atoms with van der Waals surface area (Å²) in [6.07, 6.45) is 0. The number of nitrogens with zero attached hydrogens (tertiary/aromatic N) is 2. The van der Waals surface area contributed by atoms with Gasteiger partial charge >= 0.3 is 6.03 Å². The monoisotopic (exact) mass is 353 g/mol. The Balaban J connectivity index is 1.56. The maximum atomic E-state index is 12.6. The molecule has 1 aliphatic heterocycles. The number of para-hydroxylation sites is 2. The van der Waals surface area contributed by atoms with Crippen molar-refractivity contribution in [2.24, 2.45) is 0 Å². The molecule has 5 heteroatoms. The molecular formula is C21H27N3O2. The van der Waals surface area contributed by atoms with Crippen molar-refractivity contribution >= 4 is 11.7 Å². The number of hydrogen-bond donors (Lipinski definition) is 1. The molecule has 5 nitrogen and oxygen atoms in total. The van der Waals surface area contributed by atoms with Crippen molar-refractivity contribution < 1.29 is 9.53 Å². The molecule has 0 aliphatic carbocycles. The first kappa shape index (κ1) is 18.1. The normalized spacial score (nSPS) is 15.5. The van der Waals surface area contributed by atoms with Crippen LogP contribution in [0.5, 0.6) is 5.75 Å². The zero-order valence-corrected chi connectivity index (χ0v) is 15.5. The third-order valence-corrected chi connectivity index (χ3v) is 4.71. The second-order valence-electron chi connectivity index (χ2n) is 6.46. The summed E-state index contributed by atoms with van der Waals surface area (Å²) in [4.78, 5) is 16.7. The Morgan fingerprint density at radius 2 is 1.69 bits per heavy atom. The highest BCUT2D eigenvalue weighted by atomic mass is 16.5. The Morgan fingerprint density at radius 1 is 1.04 bits per heavy atom. The van der Waals surface area contributed by atoms with Crippen LogP contribution in [0.1, 0.15) is 25.5 Å². The smallest absolute Gasteiger partial charge is 0.317 e. The van der Waals surface area contributed by atoms with Crippen molar-refractivity contribution in [1.82, 2.24) is 10.2 Å². The molecule has 1 atom stereocenters. The molecule has 3 rings (SSSR count). The number of nitrogens with one attached hydrogen (secondary N) is 1. The standard InChI is InChI=1S/C21H27N3O2/c1-3-26-20-12-8-7-11-19(20)23-13-15-24(16-14-23)21(25)22-17(2)18-9-5-4-6-10-18/h4-12,17H,3,13-16H2,1-2H3,(H,22,25). The van der Waals surface area contributed by atoms with E-state index in [1.54, 1.807) is 0 Å². The zero-order chi connectivity index (χ0) is 18.4. The molecule has 0 radical (unpaired) electrons. The van der Waals surface area contributed by atoms with Crippen LogP contribution in [0, 0.1) is 0 Å². The summed E-state index contributed by atoms with van der Waals surface area (Å²) >= 11 is 0. The lowest BCUT2D eigenvalue weighted by Crippen LogP contribution is -2.52. The third kappa shape index (κ3) is 4.28. The predicted molar refractivity (Wildman–Crippen MR) is 105 cm³/mol. The molecule has 0 saturated carbocycles. The fraction of sp³-hybridized carbons (Fsp3) is 0.381. The summed E-state index contributed by atoms with van der Waals surface area (Å²) in [7, 11) is 0. The maximum Gasteiger partial charge on any atom is 0.317 e. The van der Waals surface area contributed by atoms with Gasteiger partial charge in [0, 0.05) is 26.2 Å². The van der Waals surface area contributed by atoms with Gasteiger partial charge in [0.2, 0.25) is 0 Å². The van der Waals surface area contributed by atoms with E-state index in [0.717, 1.165) is 30.1 Å². The molecule has 1 fully saturated rings. The van der Waals surface area contributed by atoms with Gasteiger partial charge in [-0.2, -0.15) is 0 Å². The van der Waals surface area contributed by atoms with E-state index in [9.17, 15) is 4.79 Å². The fourth-order valence-corrected chi connectivity index (χ4v) is 3.25. The first-order valence-electron chi connectivity index (χ1n) is 9.26. The number of ether oxygens (including phenoxy) is 1. The minimum Gasteiger partial charge on any atom is -0.492 e. The highest BCUT2D eigenvalue weighted by Gasteiger charge is 2.23. The van der Waals surface area contributed by atoms with Crippen LogP contribution in [-0.4, -0.2) is 43.7 Å². The van der Waals surface area contributed by atoms with Crippen molar-refractivity contribution in [3.05, 3.63) is 60.2 Å². The molecule has 1 saturated heterocycles. The second-order valence-corrected chi connectivity index (χ2v) is 6.46. The molecule has 1 heterocycles. The van der Waals surface area contributed by atoms with Gasteiger partial charge in [-0.25, -0.2) is 4.79 Å². The Hall–Kier alpha value is -2.69. The lowest BCUT2D eigenvalue weighted by Gasteiger charge is -2.37.